The van der Waals surface area contributed by atoms with Gasteiger partial charge in [0.05, 0.1) is 27.0 Å². The van der Waals surface area contributed by atoms with Gasteiger partial charge in [0, 0.05) is 17.4 Å². The van der Waals surface area contributed by atoms with Crippen LogP contribution in [0.15, 0.2) is 42.6 Å². The molecule has 140 valence electrons. The Kier molecular flexibility index (Phi) is 5.45. The molecule has 3 aromatic rings. The molecule has 0 spiro atoms. The lowest BCUT2D eigenvalue weighted by molar-refractivity contribution is 0.324. The second-order valence-electron chi connectivity index (χ2n) is 6.18. The molecule has 0 fully saturated rings. The number of aromatic nitrogens is 2. The summed E-state index contributed by atoms with van der Waals surface area (Å²) in [6.07, 6.45) is 1.72. The van der Waals surface area contributed by atoms with Crippen molar-refractivity contribution in [3.8, 4) is 28.5 Å². The molecule has 0 aliphatic heterocycles. The van der Waals surface area contributed by atoms with Crippen molar-refractivity contribution in [2.45, 2.75) is 13.8 Å². The zero-order chi connectivity index (χ0) is 19.4. The average molecular weight is 365 g/mol. The highest BCUT2D eigenvalue weighted by Gasteiger charge is 2.15. The molecule has 0 bridgehead atoms. The first-order chi connectivity index (χ1) is 13.0. The van der Waals surface area contributed by atoms with Crippen LogP contribution in [0.4, 0.5) is 11.6 Å². The minimum Gasteiger partial charge on any atom is -0.493 e. The smallest absolute Gasteiger partial charge is 0.227 e. The maximum atomic E-state index is 5.43. The molecule has 0 saturated heterocycles. The van der Waals surface area contributed by atoms with Crippen LogP contribution in [-0.4, -0.2) is 31.3 Å². The summed E-state index contributed by atoms with van der Waals surface area (Å²) in [6, 6.07) is 11.8. The quantitative estimate of drug-likeness (QED) is 0.692. The number of nitrogens with zero attached hydrogens (tertiary/aromatic N) is 2. The van der Waals surface area contributed by atoms with E-state index in [-0.39, 0.29) is 0 Å². The summed E-state index contributed by atoms with van der Waals surface area (Å²) < 4.78 is 16.2. The van der Waals surface area contributed by atoms with Crippen molar-refractivity contribution in [2.75, 3.05) is 26.6 Å². The number of hydrogen-bond donors (Lipinski definition) is 1. The highest BCUT2D eigenvalue weighted by atomic mass is 16.5. The minimum absolute atomic E-state index is 0.520. The van der Waals surface area contributed by atoms with Crippen molar-refractivity contribution in [3.63, 3.8) is 0 Å². The summed E-state index contributed by atoms with van der Waals surface area (Å²) in [7, 11) is 4.76. The second kappa shape index (κ2) is 7.95. The zero-order valence-electron chi connectivity index (χ0n) is 16.2. The molecule has 1 N–H and O–H groups in total. The maximum Gasteiger partial charge on any atom is 0.227 e. The standard InChI is InChI=1S/C21H23N3O3/c1-13-8-14(2)10-16(9-13)23-21-22-7-6-17(24-21)15-11-18(25-3)20(27-5)19(12-15)26-4/h6-12H,1-5H3,(H,22,23,24). The molecular weight excluding hydrogens is 342 g/mol. The van der Waals surface area contributed by atoms with E-state index < -0.39 is 0 Å². The van der Waals surface area contributed by atoms with Crippen LogP contribution >= 0.6 is 0 Å². The van der Waals surface area contributed by atoms with Crippen molar-refractivity contribution in [3.05, 3.63) is 53.7 Å². The van der Waals surface area contributed by atoms with Gasteiger partial charge in [0.25, 0.3) is 0 Å². The Hall–Kier alpha value is -3.28. The van der Waals surface area contributed by atoms with Crippen LogP contribution in [0.3, 0.4) is 0 Å². The number of rotatable bonds is 6. The number of hydrogen-bond acceptors (Lipinski definition) is 6. The van der Waals surface area contributed by atoms with Crippen molar-refractivity contribution < 1.29 is 14.2 Å². The number of methoxy groups -OCH3 is 3. The van der Waals surface area contributed by atoms with E-state index >= 15 is 0 Å². The van der Waals surface area contributed by atoms with Crippen molar-refractivity contribution in [1.29, 1.82) is 0 Å². The van der Waals surface area contributed by atoms with Gasteiger partial charge in [-0.25, -0.2) is 9.97 Å². The molecular formula is C21H23N3O3. The SMILES string of the molecule is COc1cc(-c2ccnc(Nc3cc(C)cc(C)c3)n2)cc(OC)c1OC. The van der Waals surface area contributed by atoms with E-state index in [1.165, 1.54) is 11.1 Å². The number of benzene rings is 2. The number of anilines is 2. The fourth-order valence-corrected chi connectivity index (χ4v) is 2.98. The van der Waals surface area contributed by atoms with Crippen molar-refractivity contribution in [2.24, 2.45) is 0 Å². The second-order valence-corrected chi connectivity index (χ2v) is 6.18. The predicted molar refractivity (Wildman–Crippen MR) is 106 cm³/mol. The van der Waals surface area contributed by atoms with Crippen molar-refractivity contribution in [1.82, 2.24) is 9.97 Å². The van der Waals surface area contributed by atoms with Crippen LogP contribution in [0.25, 0.3) is 11.3 Å². The van der Waals surface area contributed by atoms with Gasteiger partial charge in [0.2, 0.25) is 11.7 Å². The van der Waals surface area contributed by atoms with Crippen molar-refractivity contribution >= 4 is 11.6 Å². The van der Waals surface area contributed by atoms with Crippen LogP contribution in [0.2, 0.25) is 0 Å². The first-order valence-electron chi connectivity index (χ1n) is 8.52. The van der Waals surface area contributed by atoms with Crippen LogP contribution in [0, 0.1) is 13.8 Å². The average Bonchev–Trinajstić information content (AvgIpc) is 2.66. The topological polar surface area (TPSA) is 65.5 Å². The van der Waals surface area contributed by atoms with Crippen LogP contribution < -0.4 is 19.5 Å². The third kappa shape index (κ3) is 4.11. The van der Waals surface area contributed by atoms with E-state index in [4.69, 9.17) is 14.2 Å². The van der Waals surface area contributed by atoms with Gasteiger partial charge in [0.15, 0.2) is 11.5 Å². The molecule has 0 radical (unpaired) electrons. The molecule has 2 aromatic carbocycles. The lowest BCUT2D eigenvalue weighted by atomic mass is 10.1. The van der Waals surface area contributed by atoms with Gasteiger partial charge in [-0.15, -0.1) is 0 Å². The Balaban J connectivity index is 1.98. The summed E-state index contributed by atoms with van der Waals surface area (Å²) in [5, 5.41) is 3.27. The Morgan fingerprint density at radius 2 is 1.44 bits per heavy atom. The number of aryl methyl sites for hydroxylation is 2. The van der Waals surface area contributed by atoms with E-state index in [2.05, 4.69) is 47.3 Å². The first-order valence-corrected chi connectivity index (χ1v) is 8.52. The van der Waals surface area contributed by atoms with Gasteiger partial charge in [-0.2, -0.15) is 0 Å². The van der Waals surface area contributed by atoms with E-state index in [9.17, 15) is 0 Å². The summed E-state index contributed by atoms with van der Waals surface area (Å²) in [5.74, 6) is 2.22. The van der Waals surface area contributed by atoms with E-state index in [0.717, 1.165) is 16.9 Å². The summed E-state index contributed by atoms with van der Waals surface area (Å²) in [4.78, 5) is 8.96. The van der Waals surface area contributed by atoms with E-state index in [1.54, 1.807) is 27.5 Å². The molecule has 3 rings (SSSR count). The van der Waals surface area contributed by atoms with Gasteiger partial charge >= 0.3 is 0 Å². The highest BCUT2D eigenvalue weighted by Crippen LogP contribution is 2.40. The minimum atomic E-state index is 0.520. The summed E-state index contributed by atoms with van der Waals surface area (Å²) >= 11 is 0. The molecule has 0 saturated carbocycles. The van der Waals surface area contributed by atoms with Crippen LogP contribution in [0.5, 0.6) is 17.2 Å². The molecule has 0 atom stereocenters. The third-order valence-electron chi connectivity index (χ3n) is 4.09. The van der Waals surface area contributed by atoms with Gasteiger partial charge in [-0.05, 0) is 55.3 Å². The molecule has 1 heterocycles. The van der Waals surface area contributed by atoms with Crippen LogP contribution in [0.1, 0.15) is 11.1 Å². The van der Waals surface area contributed by atoms with Gasteiger partial charge in [-0.3, -0.25) is 0 Å². The fourth-order valence-electron chi connectivity index (χ4n) is 2.98. The highest BCUT2D eigenvalue weighted by molar-refractivity contribution is 5.69. The predicted octanol–water partition coefficient (Wildman–Crippen LogP) is 4.53. The number of nitrogens with one attached hydrogen (secondary N) is 1. The summed E-state index contributed by atoms with van der Waals surface area (Å²) in [5.41, 5.74) is 4.90. The van der Waals surface area contributed by atoms with E-state index in [0.29, 0.717) is 23.2 Å². The molecule has 0 amide bonds. The Labute approximate surface area is 159 Å². The largest absolute Gasteiger partial charge is 0.493 e. The molecule has 0 aliphatic rings. The van der Waals surface area contributed by atoms with Crippen LogP contribution in [-0.2, 0) is 0 Å². The molecule has 27 heavy (non-hydrogen) atoms. The summed E-state index contributed by atoms with van der Waals surface area (Å²) in [6.45, 7) is 4.12. The normalized spacial score (nSPS) is 10.4. The Morgan fingerprint density at radius 1 is 0.815 bits per heavy atom. The Bertz CT molecular complexity index is 912. The maximum absolute atomic E-state index is 5.43. The lowest BCUT2D eigenvalue weighted by Crippen LogP contribution is -2.00. The molecule has 6 nitrogen and oxygen atoms in total. The van der Waals surface area contributed by atoms with Gasteiger partial charge < -0.3 is 19.5 Å². The molecule has 6 heteroatoms. The zero-order valence-corrected chi connectivity index (χ0v) is 16.2. The Morgan fingerprint density at radius 3 is 2.00 bits per heavy atom. The molecule has 1 aromatic heterocycles. The molecule has 0 aliphatic carbocycles. The van der Waals surface area contributed by atoms with Gasteiger partial charge in [0.1, 0.15) is 0 Å². The van der Waals surface area contributed by atoms with Gasteiger partial charge in [-0.1, -0.05) is 6.07 Å². The third-order valence-corrected chi connectivity index (χ3v) is 4.09. The fraction of sp³-hybridized carbons (Fsp3) is 0.238. The lowest BCUT2D eigenvalue weighted by Gasteiger charge is -2.14. The monoisotopic (exact) mass is 365 g/mol. The van der Waals surface area contributed by atoms with E-state index in [1.807, 2.05) is 18.2 Å². The molecule has 0 unspecified atom stereocenters. The number of ether oxygens (including phenoxy) is 3. The first kappa shape index (κ1) is 18.5.